The fourth-order valence-corrected chi connectivity index (χ4v) is 3.63. The summed E-state index contributed by atoms with van der Waals surface area (Å²) < 4.78 is 34.0. The first-order valence-electron chi connectivity index (χ1n) is 8.68. The highest BCUT2D eigenvalue weighted by Crippen LogP contribution is 2.22. The number of sulfonamides is 1. The highest BCUT2D eigenvalue weighted by molar-refractivity contribution is 7.92. The monoisotopic (exact) mass is 429 g/mol. The zero-order chi connectivity index (χ0) is 21.9. The van der Waals surface area contributed by atoms with Gasteiger partial charge in [0, 0.05) is 36.9 Å². The van der Waals surface area contributed by atoms with Crippen molar-refractivity contribution in [3.8, 4) is 5.88 Å². The third kappa shape index (κ3) is 4.46. The number of amides is 1. The summed E-state index contributed by atoms with van der Waals surface area (Å²) in [5.41, 5.74) is 1.12. The highest BCUT2D eigenvalue weighted by Gasteiger charge is 2.19. The number of anilines is 2. The average molecular weight is 429 g/mol. The molecule has 11 heteroatoms. The van der Waals surface area contributed by atoms with Crippen LogP contribution in [-0.4, -0.2) is 41.8 Å². The summed E-state index contributed by atoms with van der Waals surface area (Å²) in [7, 11) is -0.934. The van der Waals surface area contributed by atoms with E-state index in [1.54, 1.807) is 17.8 Å². The number of aromatic nitrogens is 3. The van der Waals surface area contributed by atoms with Gasteiger partial charge in [0.1, 0.15) is 5.69 Å². The first-order chi connectivity index (χ1) is 14.2. The van der Waals surface area contributed by atoms with Crippen molar-refractivity contribution >= 4 is 33.2 Å². The molecule has 0 saturated carbocycles. The van der Waals surface area contributed by atoms with E-state index in [4.69, 9.17) is 4.74 Å². The third-order valence-corrected chi connectivity index (χ3v) is 5.51. The van der Waals surface area contributed by atoms with E-state index in [1.807, 2.05) is 0 Å². The lowest BCUT2D eigenvalue weighted by molar-refractivity contribution is 0.101. The maximum Gasteiger partial charge on any atom is 0.272 e. The lowest BCUT2D eigenvalue weighted by Crippen LogP contribution is -2.16. The number of methoxy groups -OCH3 is 1. The van der Waals surface area contributed by atoms with Crippen LogP contribution in [0.1, 0.15) is 27.8 Å². The molecule has 0 saturated heterocycles. The Kier molecular flexibility index (Phi) is 5.83. The summed E-state index contributed by atoms with van der Waals surface area (Å²) in [4.78, 5) is 31.7. The predicted molar refractivity (Wildman–Crippen MR) is 109 cm³/mol. The third-order valence-electron chi connectivity index (χ3n) is 4.16. The first-order valence-corrected chi connectivity index (χ1v) is 10.2. The fraction of sp³-hybridized carbons (Fsp3) is 0.158. The zero-order valence-electron chi connectivity index (χ0n) is 16.4. The molecule has 2 N–H and O–H groups in total. The van der Waals surface area contributed by atoms with Gasteiger partial charge < -0.3 is 14.6 Å². The zero-order valence-corrected chi connectivity index (χ0v) is 17.2. The van der Waals surface area contributed by atoms with Crippen LogP contribution in [0.15, 0.2) is 53.8 Å². The molecule has 0 aliphatic heterocycles. The number of nitrogens with one attached hydrogen (secondary N) is 2. The molecule has 0 fully saturated rings. The van der Waals surface area contributed by atoms with E-state index < -0.39 is 15.9 Å². The van der Waals surface area contributed by atoms with Gasteiger partial charge in [0.2, 0.25) is 5.82 Å². The van der Waals surface area contributed by atoms with E-state index in [9.17, 15) is 18.0 Å². The molecule has 0 aliphatic carbocycles. The molecule has 10 nitrogen and oxygen atoms in total. The van der Waals surface area contributed by atoms with Crippen molar-refractivity contribution < 1.29 is 22.7 Å². The van der Waals surface area contributed by atoms with Gasteiger partial charge in [-0.15, -0.1) is 0 Å². The standard InChI is InChI=1S/C19H19N5O5S/c1-12(25)13-10-16(24(2)11-13)18(26)22-14-4-6-15(7-5-14)30(27,28)23-17-19(29-3)21-9-8-20-17/h4-11H,1-3H3,(H,20,23)(H,22,26). The number of rotatable bonds is 7. The Bertz CT molecular complexity index is 1200. The van der Waals surface area contributed by atoms with Gasteiger partial charge in [-0.1, -0.05) is 0 Å². The summed E-state index contributed by atoms with van der Waals surface area (Å²) in [6, 6.07) is 7.08. The lowest BCUT2D eigenvalue weighted by atomic mass is 10.2. The number of aryl methyl sites for hydroxylation is 1. The smallest absolute Gasteiger partial charge is 0.272 e. The number of carbonyl (C=O) groups excluding carboxylic acids is 2. The largest absolute Gasteiger partial charge is 0.478 e. The van der Waals surface area contributed by atoms with E-state index >= 15 is 0 Å². The van der Waals surface area contributed by atoms with Crippen LogP contribution in [0.2, 0.25) is 0 Å². The Morgan fingerprint density at radius 1 is 1.10 bits per heavy atom. The quantitative estimate of drug-likeness (QED) is 0.550. The van der Waals surface area contributed by atoms with Crippen molar-refractivity contribution in [1.82, 2.24) is 14.5 Å². The molecule has 0 spiro atoms. The van der Waals surface area contributed by atoms with Crippen LogP contribution in [0.4, 0.5) is 11.5 Å². The van der Waals surface area contributed by atoms with Crippen molar-refractivity contribution in [2.24, 2.45) is 7.05 Å². The molecule has 0 aliphatic rings. The van der Waals surface area contributed by atoms with Crippen LogP contribution in [-0.2, 0) is 17.1 Å². The molecule has 30 heavy (non-hydrogen) atoms. The van der Waals surface area contributed by atoms with Gasteiger partial charge >= 0.3 is 0 Å². The lowest BCUT2D eigenvalue weighted by Gasteiger charge is -2.10. The number of ketones is 1. The number of nitrogens with zero attached hydrogens (tertiary/aromatic N) is 3. The Balaban J connectivity index is 1.76. The number of hydrogen-bond donors (Lipinski definition) is 2. The van der Waals surface area contributed by atoms with Gasteiger partial charge in [-0.25, -0.2) is 18.4 Å². The van der Waals surface area contributed by atoms with Crippen LogP contribution >= 0.6 is 0 Å². The fourth-order valence-electron chi connectivity index (χ4n) is 2.63. The number of carbonyl (C=O) groups is 2. The number of Topliss-reactive ketones (excluding diaryl/α,β-unsaturated/α-hetero) is 1. The van der Waals surface area contributed by atoms with Gasteiger partial charge in [0.15, 0.2) is 5.78 Å². The topological polar surface area (TPSA) is 132 Å². The molecule has 0 radical (unpaired) electrons. The van der Waals surface area contributed by atoms with E-state index in [1.165, 1.54) is 56.8 Å². The number of hydrogen-bond acceptors (Lipinski definition) is 7. The minimum atomic E-state index is -3.94. The Morgan fingerprint density at radius 2 is 1.77 bits per heavy atom. The Labute approximate surface area is 173 Å². The minimum Gasteiger partial charge on any atom is -0.478 e. The summed E-state index contributed by atoms with van der Waals surface area (Å²) in [5.74, 6) is -0.575. The average Bonchev–Trinajstić information content (AvgIpc) is 3.11. The molecule has 1 amide bonds. The van der Waals surface area contributed by atoms with Gasteiger partial charge in [-0.3, -0.25) is 14.3 Å². The van der Waals surface area contributed by atoms with Crippen LogP contribution in [0, 0.1) is 0 Å². The first kappa shape index (κ1) is 21.0. The second-order valence-electron chi connectivity index (χ2n) is 6.28. The highest BCUT2D eigenvalue weighted by atomic mass is 32.2. The summed E-state index contributed by atoms with van der Waals surface area (Å²) in [6.07, 6.45) is 4.28. The van der Waals surface area contributed by atoms with Crippen LogP contribution in [0.25, 0.3) is 0 Å². The molecule has 0 unspecified atom stereocenters. The molecular formula is C19H19N5O5S. The Morgan fingerprint density at radius 3 is 2.37 bits per heavy atom. The van der Waals surface area contributed by atoms with E-state index in [0.717, 1.165) is 0 Å². The normalized spacial score (nSPS) is 11.0. The second-order valence-corrected chi connectivity index (χ2v) is 7.96. The molecular weight excluding hydrogens is 410 g/mol. The Hall–Kier alpha value is -3.73. The van der Waals surface area contributed by atoms with Gasteiger partial charge in [0.05, 0.1) is 12.0 Å². The summed E-state index contributed by atoms with van der Waals surface area (Å²) >= 11 is 0. The number of ether oxygens (including phenoxy) is 1. The van der Waals surface area contributed by atoms with Crippen molar-refractivity contribution in [1.29, 1.82) is 0 Å². The van der Waals surface area contributed by atoms with Gasteiger partial charge in [0.25, 0.3) is 21.8 Å². The minimum absolute atomic E-state index is 0.0362. The van der Waals surface area contributed by atoms with Crippen LogP contribution < -0.4 is 14.8 Å². The number of benzene rings is 1. The second kappa shape index (κ2) is 8.33. The summed E-state index contributed by atoms with van der Waals surface area (Å²) in [6.45, 7) is 1.42. The molecule has 1 aromatic carbocycles. The molecule has 3 aromatic rings. The molecule has 2 aromatic heterocycles. The SMILES string of the molecule is COc1nccnc1NS(=O)(=O)c1ccc(NC(=O)c2cc(C(C)=O)cn2C)cc1. The van der Waals surface area contributed by atoms with Crippen LogP contribution in [0.5, 0.6) is 5.88 Å². The van der Waals surface area contributed by atoms with E-state index in [-0.39, 0.29) is 22.4 Å². The molecule has 0 bridgehead atoms. The predicted octanol–water partition coefficient (Wildman–Crippen LogP) is 2.08. The molecule has 156 valence electrons. The molecule has 2 heterocycles. The maximum absolute atomic E-state index is 12.6. The maximum atomic E-state index is 12.6. The van der Waals surface area contributed by atoms with Gasteiger partial charge in [-0.2, -0.15) is 0 Å². The van der Waals surface area contributed by atoms with Crippen molar-refractivity contribution in [3.63, 3.8) is 0 Å². The van der Waals surface area contributed by atoms with E-state index in [0.29, 0.717) is 16.9 Å². The van der Waals surface area contributed by atoms with Crippen molar-refractivity contribution in [2.75, 3.05) is 17.1 Å². The van der Waals surface area contributed by atoms with Crippen molar-refractivity contribution in [2.45, 2.75) is 11.8 Å². The van der Waals surface area contributed by atoms with Gasteiger partial charge in [-0.05, 0) is 37.3 Å². The van der Waals surface area contributed by atoms with Crippen LogP contribution in [0.3, 0.4) is 0 Å². The van der Waals surface area contributed by atoms with Crippen molar-refractivity contribution in [3.05, 3.63) is 60.2 Å². The molecule has 0 atom stereocenters. The van der Waals surface area contributed by atoms with E-state index in [2.05, 4.69) is 20.0 Å². The molecule has 3 rings (SSSR count). The summed E-state index contributed by atoms with van der Waals surface area (Å²) in [5, 5.41) is 2.67.